The second-order valence-corrected chi connectivity index (χ2v) is 10.5. The smallest absolute Gasteiger partial charge is 0.271 e. The van der Waals surface area contributed by atoms with Gasteiger partial charge in [0.1, 0.15) is 6.61 Å². The number of nitro groups is 1. The fourth-order valence-electron chi connectivity index (χ4n) is 5.32. The van der Waals surface area contributed by atoms with Gasteiger partial charge in [0.2, 0.25) is 0 Å². The summed E-state index contributed by atoms with van der Waals surface area (Å²) in [6.45, 7) is 4.02. The molecule has 0 saturated heterocycles. The molecule has 0 spiro atoms. The highest BCUT2D eigenvalue weighted by atomic mass is 32.1. The third-order valence-corrected chi connectivity index (χ3v) is 8.09. The molecule has 8 nitrogen and oxygen atoms in total. The Labute approximate surface area is 233 Å². The predicted octanol–water partition coefficient (Wildman–Crippen LogP) is 4.80. The van der Waals surface area contributed by atoms with Crippen LogP contribution in [-0.2, 0) is 6.42 Å². The molecule has 0 fully saturated rings. The monoisotopic (exact) mass is 551 g/mol. The zero-order valence-electron chi connectivity index (χ0n) is 21.7. The molecule has 0 radical (unpaired) electrons. The van der Waals surface area contributed by atoms with Crippen molar-refractivity contribution in [2.75, 3.05) is 13.7 Å². The minimum atomic E-state index is -0.495. The minimum absolute atomic E-state index is 0.0131. The zero-order valence-corrected chi connectivity index (χ0v) is 22.5. The number of thiazole rings is 1. The molecule has 1 aromatic heterocycles. The third-order valence-electron chi connectivity index (χ3n) is 7.11. The third kappa shape index (κ3) is 4.44. The first kappa shape index (κ1) is 25.5. The van der Waals surface area contributed by atoms with Crippen LogP contribution in [0.3, 0.4) is 0 Å². The molecule has 1 atom stereocenters. The Morgan fingerprint density at radius 1 is 1.12 bits per heavy atom. The van der Waals surface area contributed by atoms with Gasteiger partial charge >= 0.3 is 0 Å². The summed E-state index contributed by atoms with van der Waals surface area (Å²) in [6.07, 6.45) is 4.98. The summed E-state index contributed by atoms with van der Waals surface area (Å²) >= 11 is 1.30. The molecule has 1 aliphatic heterocycles. The Morgan fingerprint density at radius 3 is 2.77 bits per heavy atom. The molecule has 40 heavy (non-hydrogen) atoms. The lowest BCUT2D eigenvalue weighted by Crippen LogP contribution is -2.38. The van der Waals surface area contributed by atoms with Crippen molar-refractivity contribution in [3.63, 3.8) is 0 Å². The number of nitro benzene ring substituents is 1. The number of methoxy groups -OCH3 is 1. The maximum atomic E-state index is 14.0. The van der Waals surface area contributed by atoms with Crippen LogP contribution in [-0.4, -0.2) is 23.2 Å². The average Bonchev–Trinajstić information content (AvgIpc) is 3.29. The van der Waals surface area contributed by atoms with Crippen molar-refractivity contribution in [3.05, 3.63) is 137 Å². The van der Waals surface area contributed by atoms with Crippen LogP contribution in [0.4, 0.5) is 5.69 Å². The Morgan fingerprint density at radius 2 is 1.98 bits per heavy atom. The SMILES string of the molecule is C=CCOc1ccc(C=c2sc3n(c2=O)C(c2cccc([N+](=O)[O-])c2)C2=C(N=3)c3ccccc3CC2)cc1OC. The molecule has 0 saturated carbocycles. The van der Waals surface area contributed by atoms with Crippen molar-refractivity contribution >= 4 is 28.8 Å². The summed E-state index contributed by atoms with van der Waals surface area (Å²) in [5, 5.41) is 11.6. The van der Waals surface area contributed by atoms with E-state index < -0.39 is 11.0 Å². The highest BCUT2D eigenvalue weighted by Gasteiger charge is 2.33. The molecular weight excluding hydrogens is 526 g/mol. The highest BCUT2D eigenvalue weighted by molar-refractivity contribution is 7.07. The summed E-state index contributed by atoms with van der Waals surface area (Å²) in [5.41, 5.74) is 5.32. The molecule has 200 valence electrons. The van der Waals surface area contributed by atoms with Gasteiger partial charge in [-0.25, -0.2) is 4.99 Å². The van der Waals surface area contributed by atoms with Crippen molar-refractivity contribution < 1.29 is 14.4 Å². The van der Waals surface area contributed by atoms with Crippen molar-refractivity contribution in [2.24, 2.45) is 4.99 Å². The van der Waals surface area contributed by atoms with E-state index in [1.807, 2.05) is 36.4 Å². The van der Waals surface area contributed by atoms with Crippen LogP contribution >= 0.6 is 11.3 Å². The highest BCUT2D eigenvalue weighted by Crippen LogP contribution is 2.41. The van der Waals surface area contributed by atoms with E-state index in [9.17, 15) is 14.9 Å². The molecule has 0 N–H and O–H groups in total. The zero-order chi connectivity index (χ0) is 27.8. The summed E-state index contributed by atoms with van der Waals surface area (Å²) in [7, 11) is 1.56. The van der Waals surface area contributed by atoms with Gasteiger partial charge < -0.3 is 9.47 Å². The minimum Gasteiger partial charge on any atom is -0.493 e. The normalized spacial score (nSPS) is 15.9. The van der Waals surface area contributed by atoms with Crippen LogP contribution in [0.2, 0.25) is 0 Å². The first-order valence-corrected chi connectivity index (χ1v) is 13.6. The fraction of sp³-hybridized carbons (Fsp3) is 0.161. The second kappa shape index (κ2) is 10.4. The maximum Gasteiger partial charge on any atom is 0.271 e. The van der Waals surface area contributed by atoms with Gasteiger partial charge in [-0.05, 0) is 53.3 Å². The van der Waals surface area contributed by atoms with Crippen LogP contribution in [0.5, 0.6) is 11.5 Å². The number of fused-ring (bicyclic) bond motifs is 3. The topological polar surface area (TPSA) is 96.0 Å². The molecule has 1 aliphatic carbocycles. The number of aryl methyl sites for hydroxylation is 1. The lowest BCUT2D eigenvalue weighted by molar-refractivity contribution is -0.384. The Bertz CT molecular complexity index is 1890. The summed E-state index contributed by atoms with van der Waals surface area (Å²) < 4.78 is 13.3. The number of nitrogens with zero attached hydrogens (tertiary/aromatic N) is 3. The van der Waals surface area contributed by atoms with E-state index in [0.717, 1.165) is 28.8 Å². The standard InChI is InChI=1S/C31H25N3O5S/c1-3-15-39-25-14-11-19(16-26(25)38-2)17-27-30(35)33-29(21-8-6-9-22(18-21)34(36)37)24-13-12-20-7-4-5-10-23(20)28(24)32-31(33)40-27/h3-11,14,16-18,29H,1,12-13,15H2,2H3. The number of rotatable bonds is 7. The molecule has 1 unspecified atom stereocenters. The van der Waals surface area contributed by atoms with E-state index >= 15 is 0 Å². The molecule has 2 aliphatic rings. The van der Waals surface area contributed by atoms with Crippen molar-refractivity contribution in [2.45, 2.75) is 18.9 Å². The van der Waals surface area contributed by atoms with Crippen molar-refractivity contribution in [3.8, 4) is 11.5 Å². The van der Waals surface area contributed by atoms with Gasteiger partial charge in [-0.2, -0.15) is 0 Å². The lowest BCUT2D eigenvalue weighted by atomic mass is 9.83. The Hall–Kier alpha value is -4.76. The number of hydrogen-bond acceptors (Lipinski definition) is 7. The first-order valence-electron chi connectivity index (χ1n) is 12.8. The van der Waals surface area contributed by atoms with Gasteiger partial charge in [0.25, 0.3) is 11.2 Å². The van der Waals surface area contributed by atoms with E-state index in [1.54, 1.807) is 36.0 Å². The Balaban J connectivity index is 1.55. The van der Waals surface area contributed by atoms with Crippen LogP contribution in [0.1, 0.15) is 34.7 Å². The van der Waals surface area contributed by atoms with E-state index in [-0.39, 0.29) is 11.2 Å². The number of aromatic nitrogens is 1. The molecule has 2 heterocycles. The predicted molar refractivity (Wildman–Crippen MR) is 155 cm³/mol. The molecule has 0 amide bonds. The van der Waals surface area contributed by atoms with Gasteiger partial charge in [-0.3, -0.25) is 19.5 Å². The quantitative estimate of drug-likeness (QED) is 0.187. The molecule has 6 rings (SSSR count). The van der Waals surface area contributed by atoms with Crippen LogP contribution in [0, 0.1) is 10.1 Å². The van der Waals surface area contributed by atoms with E-state index in [0.29, 0.717) is 39.4 Å². The molecule has 0 bridgehead atoms. The van der Waals surface area contributed by atoms with Crippen LogP contribution < -0.4 is 24.4 Å². The van der Waals surface area contributed by atoms with Gasteiger partial charge in [0, 0.05) is 17.7 Å². The number of ether oxygens (including phenoxy) is 2. The molecular formula is C31H25N3O5S. The summed E-state index contributed by atoms with van der Waals surface area (Å²) in [4.78, 5) is 30.7. The van der Waals surface area contributed by atoms with Gasteiger partial charge in [0.05, 0.1) is 28.3 Å². The number of hydrogen-bond donors (Lipinski definition) is 0. The van der Waals surface area contributed by atoms with Gasteiger partial charge in [-0.1, -0.05) is 66.5 Å². The summed E-state index contributed by atoms with van der Waals surface area (Å²) in [5.74, 6) is 1.13. The van der Waals surface area contributed by atoms with Gasteiger partial charge in [0.15, 0.2) is 16.3 Å². The van der Waals surface area contributed by atoms with E-state index in [4.69, 9.17) is 14.5 Å². The largest absolute Gasteiger partial charge is 0.493 e. The van der Waals surface area contributed by atoms with Crippen molar-refractivity contribution in [1.29, 1.82) is 0 Å². The lowest BCUT2D eigenvalue weighted by Gasteiger charge is -2.30. The van der Waals surface area contributed by atoms with E-state index in [1.165, 1.54) is 23.0 Å². The van der Waals surface area contributed by atoms with Crippen molar-refractivity contribution in [1.82, 2.24) is 4.57 Å². The molecule has 3 aromatic carbocycles. The Kier molecular flexibility index (Phi) is 6.65. The molecule has 4 aromatic rings. The summed E-state index contributed by atoms with van der Waals surface area (Å²) in [6, 6.07) is 19.7. The number of allylic oxidation sites excluding steroid dienone is 1. The number of benzene rings is 3. The van der Waals surface area contributed by atoms with Gasteiger partial charge in [-0.15, -0.1) is 0 Å². The molecule has 9 heteroatoms. The van der Waals surface area contributed by atoms with Crippen LogP contribution in [0.15, 0.2) is 94.7 Å². The second-order valence-electron chi connectivity index (χ2n) is 9.48. The van der Waals surface area contributed by atoms with Crippen LogP contribution in [0.25, 0.3) is 11.8 Å². The average molecular weight is 552 g/mol. The first-order chi connectivity index (χ1) is 19.5. The van der Waals surface area contributed by atoms with E-state index in [2.05, 4.69) is 18.7 Å². The number of non-ortho nitro benzene ring substituents is 1. The fourth-order valence-corrected chi connectivity index (χ4v) is 6.33. The maximum absolute atomic E-state index is 14.0.